The number of thioether (sulfide) groups is 1. The lowest BCUT2D eigenvalue weighted by Gasteiger charge is -2.07. The van der Waals surface area contributed by atoms with Gasteiger partial charge in [0.15, 0.2) is 0 Å². The van der Waals surface area contributed by atoms with Crippen LogP contribution in [0, 0.1) is 17.6 Å². The summed E-state index contributed by atoms with van der Waals surface area (Å²) in [5.41, 5.74) is 1.93. The molecule has 0 saturated carbocycles. The third-order valence-corrected chi connectivity index (χ3v) is 4.10. The maximum Gasteiger partial charge on any atom is 0.416 e. The number of benzene rings is 1. The first kappa shape index (κ1) is 15.4. The molecule has 0 aliphatic heterocycles. The van der Waals surface area contributed by atoms with Crippen LogP contribution in [-0.4, -0.2) is 9.38 Å². The number of nitrogens with zero attached hydrogens (tertiary/aromatic N) is 3. The molecule has 7 heteroatoms. The molecule has 0 N–H and O–H groups in total. The molecule has 23 heavy (non-hydrogen) atoms. The Bertz CT molecular complexity index is 905. The number of nitriles is 1. The maximum atomic E-state index is 12.7. The highest BCUT2D eigenvalue weighted by molar-refractivity contribution is 8.03. The zero-order valence-corrected chi connectivity index (χ0v) is 12.7. The van der Waals surface area contributed by atoms with E-state index in [1.807, 2.05) is 24.5 Å². The van der Waals surface area contributed by atoms with E-state index in [0.29, 0.717) is 21.9 Å². The average molecular weight is 333 g/mol. The number of fused-ring (bicyclic) bond motifs is 1. The number of thiocyanates is 1. The van der Waals surface area contributed by atoms with E-state index in [4.69, 9.17) is 5.26 Å². The van der Waals surface area contributed by atoms with Crippen molar-refractivity contribution in [2.24, 2.45) is 0 Å². The van der Waals surface area contributed by atoms with Gasteiger partial charge in [-0.2, -0.15) is 18.4 Å². The molecule has 2 heterocycles. The summed E-state index contributed by atoms with van der Waals surface area (Å²) >= 11 is 0.935. The molecule has 116 valence electrons. The largest absolute Gasteiger partial charge is 0.416 e. The molecule has 0 spiro atoms. The Balaban J connectivity index is 2.18. The predicted octanol–water partition coefficient (Wildman–Crippen LogP) is 4.90. The van der Waals surface area contributed by atoms with Gasteiger partial charge in [-0.15, -0.1) is 0 Å². The highest BCUT2D eigenvalue weighted by atomic mass is 32.2. The van der Waals surface area contributed by atoms with Crippen LogP contribution < -0.4 is 0 Å². The van der Waals surface area contributed by atoms with Gasteiger partial charge in [0.05, 0.1) is 5.56 Å². The zero-order valence-electron chi connectivity index (χ0n) is 11.9. The van der Waals surface area contributed by atoms with Crippen LogP contribution in [0.3, 0.4) is 0 Å². The van der Waals surface area contributed by atoms with Gasteiger partial charge in [-0.1, -0.05) is 18.2 Å². The Morgan fingerprint density at radius 1 is 1.17 bits per heavy atom. The Morgan fingerprint density at radius 3 is 2.48 bits per heavy atom. The van der Waals surface area contributed by atoms with Crippen LogP contribution in [0.15, 0.2) is 47.6 Å². The summed E-state index contributed by atoms with van der Waals surface area (Å²) in [5.74, 6) is 0. The van der Waals surface area contributed by atoms with Gasteiger partial charge < -0.3 is 0 Å². The van der Waals surface area contributed by atoms with Crippen molar-refractivity contribution in [2.75, 3.05) is 0 Å². The summed E-state index contributed by atoms with van der Waals surface area (Å²) in [6.07, 6.45) is -2.60. The molecule has 0 bridgehead atoms. The summed E-state index contributed by atoms with van der Waals surface area (Å²) < 4.78 is 39.8. The highest BCUT2D eigenvalue weighted by Gasteiger charge is 2.30. The summed E-state index contributed by atoms with van der Waals surface area (Å²) in [7, 11) is 0. The van der Waals surface area contributed by atoms with Crippen molar-refractivity contribution >= 4 is 17.4 Å². The van der Waals surface area contributed by atoms with Crippen molar-refractivity contribution < 1.29 is 13.2 Å². The smallest absolute Gasteiger partial charge is 0.293 e. The van der Waals surface area contributed by atoms with Gasteiger partial charge in [0.25, 0.3) is 0 Å². The van der Waals surface area contributed by atoms with E-state index in [-0.39, 0.29) is 0 Å². The zero-order chi connectivity index (χ0) is 16.6. The minimum Gasteiger partial charge on any atom is -0.293 e. The van der Waals surface area contributed by atoms with Crippen molar-refractivity contribution in [1.29, 1.82) is 5.26 Å². The molecule has 0 unspecified atom stereocenters. The first-order chi connectivity index (χ1) is 10.9. The van der Waals surface area contributed by atoms with Crippen LogP contribution in [-0.2, 0) is 6.18 Å². The number of alkyl halides is 3. The Hall–Kier alpha value is -2.46. The summed E-state index contributed by atoms with van der Waals surface area (Å²) in [6.45, 7) is 1.89. The van der Waals surface area contributed by atoms with E-state index in [0.717, 1.165) is 29.5 Å². The predicted molar refractivity (Wildman–Crippen MR) is 81.8 cm³/mol. The number of aryl methyl sites for hydroxylation is 1. The van der Waals surface area contributed by atoms with Gasteiger partial charge in [-0.05, 0) is 30.7 Å². The maximum absolute atomic E-state index is 12.7. The fourth-order valence-electron chi connectivity index (χ4n) is 2.33. The number of rotatable bonds is 2. The lowest BCUT2D eigenvalue weighted by atomic mass is 10.1. The third kappa shape index (κ3) is 2.78. The minimum atomic E-state index is -4.38. The summed E-state index contributed by atoms with van der Waals surface area (Å²) in [5, 5.41) is 11.6. The van der Waals surface area contributed by atoms with Crippen molar-refractivity contribution in [3.63, 3.8) is 0 Å². The molecule has 0 atom stereocenters. The first-order valence-corrected chi connectivity index (χ1v) is 7.44. The Morgan fingerprint density at radius 2 is 1.87 bits per heavy atom. The second-order valence-corrected chi connectivity index (χ2v) is 5.69. The van der Waals surface area contributed by atoms with E-state index in [1.54, 1.807) is 10.6 Å². The monoisotopic (exact) mass is 333 g/mol. The summed E-state index contributed by atoms with van der Waals surface area (Å²) in [6, 6.07) is 8.52. The van der Waals surface area contributed by atoms with Gasteiger partial charge in [0.1, 0.15) is 21.8 Å². The molecule has 3 nitrogen and oxygen atoms in total. The topological polar surface area (TPSA) is 41.1 Å². The van der Waals surface area contributed by atoms with Gasteiger partial charge >= 0.3 is 6.18 Å². The molecular formula is C16H10F3N3S. The van der Waals surface area contributed by atoms with Crippen LogP contribution >= 0.6 is 11.8 Å². The molecule has 0 amide bonds. The van der Waals surface area contributed by atoms with E-state index >= 15 is 0 Å². The molecule has 0 aliphatic rings. The molecule has 1 aromatic carbocycles. The van der Waals surface area contributed by atoms with Crippen LogP contribution in [0.1, 0.15) is 11.1 Å². The van der Waals surface area contributed by atoms with Gasteiger partial charge in [0.2, 0.25) is 0 Å². The normalized spacial score (nSPS) is 11.6. The van der Waals surface area contributed by atoms with E-state index < -0.39 is 11.7 Å². The quantitative estimate of drug-likeness (QED) is 0.495. The number of hydrogen-bond donors (Lipinski definition) is 0. The number of halogens is 3. The van der Waals surface area contributed by atoms with Crippen LogP contribution in [0.4, 0.5) is 13.2 Å². The summed E-state index contributed by atoms with van der Waals surface area (Å²) in [4.78, 5) is 4.50. The van der Waals surface area contributed by atoms with E-state index in [9.17, 15) is 13.2 Å². The van der Waals surface area contributed by atoms with Crippen LogP contribution in [0.2, 0.25) is 0 Å². The fraction of sp³-hybridized carbons (Fsp3) is 0.125. The van der Waals surface area contributed by atoms with Crippen molar-refractivity contribution in [1.82, 2.24) is 9.38 Å². The second kappa shape index (κ2) is 5.63. The van der Waals surface area contributed by atoms with Crippen molar-refractivity contribution in [3.05, 3.63) is 53.7 Å². The third-order valence-electron chi connectivity index (χ3n) is 3.43. The lowest BCUT2D eigenvalue weighted by molar-refractivity contribution is -0.137. The molecule has 0 fully saturated rings. The van der Waals surface area contributed by atoms with Crippen molar-refractivity contribution in [2.45, 2.75) is 18.1 Å². The van der Waals surface area contributed by atoms with E-state index in [2.05, 4.69) is 4.98 Å². The number of imidazole rings is 1. The van der Waals surface area contributed by atoms with Gasteiger partial charge in [-0.3, -0.25) is 4.40 Å². The van der Waals surface area contributed by atoms with Gasteiger partial charge in [0, 0.05) is 23.5 Å². The first-order valence-electron chi connectivity index (χ1n) is 6.63. The molecule has 2 aromatic heterocycles. The minimum absolute atomic E-state index is 0.500. The number of hydrogen-bond acceptors (Lipinski definition) is 3. The Labute approximate surface area is 134 Å². The molecule has 3 rings (SSSR count). The number of pyridine rings is 1. The molecule has 0 radical (unpaired) electrons. The fourth-order valence-corrected chi connectivity index (χ4v) is 2.92. The van der Waals surface area contributed by atoms with Crippen molar-refractivity contribution in [3.8, 4) is 16.7 Å². The standard InChI is InChI=1S/C16H10F3N3S/c1-10-3-2-8-22-14(10)21-13(15(22)23-9-20)11-4-6-12(7-5-11)16(17,18)19/h2-8H,1H3. The van der Waals surface area contributed by atoms with Crippen LogP contribution in [0.5, 0.6) is 0 Å². The lowest BCUT2D eigenvalue weighted by Crippen LogP contribution is -2.04. The Kier molecular flexibility index (Phi) is 3.78. The SMILES string of the molecule is Cc1cccn2c(SC#N)c(-c3ccc(C(F)(F)F)cc3)nc12. The van der Waals surface area contributed by atoms with E-state index in [1.165, 1.54) is 12.1 Å². The number of aromatic nitrogens is 2. The van der Waals surface area contributed by atoms with Crippen LogP contribution in [0.25, 0.3) is 16.9 Å². The molecule has 0 aliphatic carbocycles. The molecule has 3 aromatic rings. The average Bonchev–Trinajstić information content (AvgIpc) is 2.87. The highest BCUT2D eigenvalue weighted by Crippen LogP contribution is 2.35. The molecule has 0 saturated heterocycles. The van der Waals surface area contributed by atoms with Gasteiger partial charge in [-0.25, -0.2) is 4.98 Å². The molecular weight excluding hydrogens is 323 g/mol. The second-order valence-electron chi connectivity index (χ2n) is 4.92.